The fourth-order valence-electron chi connectivity index (χ4n) is 7.47. The van der Waals surface area contributed by atoms with Crippen molar-refractivity contribution in [2.24, 2.45) is 0 Å². The first-order chi connectivity index (χ1) is 23.6. The van der Waals surface area contributed by atoms with Crippen LogP contribution >= 0.6 is 0 Å². The topological polar surface area (TPSA) is 21.7 Å². The molecule has 1 aliphatic heterocycles. The van der Waals surface area contributed by atoms with E-state index in [1.165, 1.54) is 154 Å². The summed E-state index contributed by atoms with van der Waals surface area (Å²) in [6, 6.07) is 0.604. The van der Waals surface area contributed by atoms with Crippen molar-refractivity contribution >= 4 is 0 Å². The molecule has 2 fully saturated rings. The Kier molecular flexibility index (Phi) is 26.5. The standard InChI is InChI=1S/C45H81NO2/c1-5-7-9-11-13-15-17-19-21-23-25-27-29-31-33-35-37-39-45(47-43-40-42(46(3)4)41-44(43)48-45)38-36-34-32-30-28-26-24-22-20-18-16-14-12-10-8-6-2/h13-16,20-23,42-44H,5-12,17-19,24-41H2,1-4H3/b15-13-,16-14-,22-20-,23-21?/t42?,43-,44+,45?. The second-order valence-corrected chi connectivity index (χ2v) is 15.3. The van der Waals surface area contributed by atoms with Gasteiger partial charge in [-0.05, 0) is 110 Å². The smallest absolute Gasteiger partial charge is 0.169 e. The van der Waals surface area contributed by atoms with Crippen molar-refractivity contribution in [2.75, 3.05) is 14.1 Å². The van der Waals surface area contributed by atoms with E-state index in [9.17, 15) is 0 Å². The highest BCUT2D eigenvalue weighted by Gasteiger charge is 2.51. The number of nitrogens with zero attached hydrogens (tertiary/aromatic N) is 1. The molecule has 1 saturated carbocycles. The summed E-state index contributed by atoms with van der Waals surface area (Å²) in [5.74, 6) is -0.308. The van der Waals surface area contributed by atoms with Gasteiger partial charge in [-0.2, -0.15) is 0 Å². The maximum atomic E-state index is 6.83. The molecule has 1 aliphatic carbocycles. The molecule has 0 spiro atoms. The van der Waals surface area contributed by atoms with Gasteiger partial charge in [-0.15, -0.1) is 0 Å². The Balaban J connectivity index is 1.54. The van der Waals surface area contributed by atoms with Gasteiger partial charge in [0.2, 0.25) is 0 Å². The Hall–Kier alpha value is -1.16. The minimum atomic E-state index is -0.308. The predicted octanol–water partition coefficient (Wildman–Crippen LogP) is 14.0. The minimum Gasteiger partial charge on any atom is -0.344 e. The van der Waals surface area contributed by atoms with Crippen LogP contribution in [0.25, 0.3) is 0 Å². The van der Waals surface area contributed by atoms with Gasteiger partial charge in [0.15, 0.2) is 5.79 Å². The second kappa shape index (κ2) is 29.6. The van der Waals surface area contributed by atoms with E-state index >= 15 is 0 Å². The first kappa shape index (κ1) is 43.0. The van der Waals surface area contributed by atoms with Crippen LogP contribution in [0.4, 0.5) is 0 Å². The molecule has 48 heavy (non-hydrogen) atoms. The van der Waals surface area contributed by atoms with Crippen molar-refractivity contribution < 1.29 is 9.47 Å². The lowest BCUT2D eigenvalue weighted by molar-refractivity contribution is -0.193. The number of ether oxygens (including phenoxy) is 2. The molecule has 3 nitrogen and oxygen atoms in total. The lowest BCUT2D eigenvalue weighted by Crippen LogP contribution is -2.34. The lowest BCUT2D eigenvalue weighted by Gasteiger charge is -2.31. The molecule has 0 aromatic rings. The molecule has 1 heterocycles. The zero-order chi connectivity index (χ0) is 34.4. The molecule has 0 bridgehead atoms. The summed E-state index contributed by atoms with van der Waals surface area (Å²) < 4.78 is 13.7. The van der Waals surface area contributed by atoms with Crippen LogP contribution < -0.4 is 0 Å². The highest BCUT2D eigenvalue weighted by Crippen LogP contribution is 2.44. The van der Waals surface area contributed by atoms with Crippen LogP contribution in [0.3, 0.4) is 0 Å². The minimum absolute atomic E-state index is 0.303. The highest BCUT2D eigenvalue weighted by atomic mass is 16.8. The molecule has 4 atom stereocenters. The summed E-state index contributed by atoms with van der Waals surface area (Å²) >= 11 is 0. The average Bonchev–Trinajstić information content (AvgIpc) is 3.63. The number of allylic oxidation sites excluding steroid dienone is 8. The van der Waals surface area contributed by atoms with Crippen LogP contribution in [0.15, 0.2) is 48.6 Å². The van der Waals surface area contributed by atoms with Gasteiger partial charge in [-0.1, -0.05) is 140 Å². The molecule has 2 aliphatic rings. The van der Waals surface area contributed by atoms with Crippen molar-refractivity contribution in [1.29, 1.82) is 0 Å². The molecular weight excluding hydrogens is 587 g/mol. The van der Waals surface area contributed by atoms with E-state index in [-0.39, 0.29) is 5.79 Å². The zero-order valence-electron chi connectivity index (χ0n) is 32.6. The molecular formula is C45H81NO2. The lowest BCUT2D eigenvalue weighted by atomic mass is 9.98. The van der Waals surface area contributed by atoms with E-state index in [2.05, 4.69) is 81.5 Å². The number of rotatable bonds is 32. The van der Waals surface area contributed by atoms with E-state index in [1.54, 1.807) is 0 Å². The quantitative estimate of drug-likeness (QED) is 0.0526. The van der Waals surface area contributed by atoms with Crippen molar-refractivity contribution in [1.82, 2.24) is 4.90 Å². The summed E-state index contributed by atoms with van der Waals surface area (Å²) in [5.41, 5.74) is 0. The van der Waals surface area contributed by atoms with Gasteiger partial charge >= 0.3 is 0 Å². The van der Waals surface area contributed by atoms with Crippen LogP contribution in [-0.2, 0) is 9.47 Å². The van der Waals surface area contributed by atoms with Crippen molar-refractivity contribution in [2.45, 2.75) is 224 Å². The normalized spacial score (nSPS) is 23.0. The van der Waals surface area contributed by atoms with E-state index in [0.29, 0.717) is 18.2 Å². The average molecular weight is 668 g/mol. The van der Waals surface area contributed by atoms with E-state index in [0.717, 1.165) is 32.1 Å². The SMILES string of the molecule is CCCCC/C=C\C/C=C\CCCCCCCCC1(CCCCCCCCC=CCC/C=C\CCCCC)O[C@H]2CC(N(C)C)C[C@H]2O1. The second-order valence-electron chi connectivity index (χ2n) is 15.3. The first-order valence-corrected chi connectivity index (χ1v) is 21.2. The molecule has 0 amide bonds. The molecule has 2 rings (SSSR count). The molecule has 0 aromatic heterocycles. The fourth-order valence-corrected chi connectivity index (χ4v) is 7.47. The third-order valence-corrected chi connectivity index (χ3v) is 10.6. The van der Waals surface area contributed by atoms with Gasteiger partial charge < -0.3 is 14.4 Å². The van der Waals surface area contributed by atoms with Gasteiger partial charge in [0.25, 0.3) is 0 Å². The number of fused-ring (bicyclic) bond motifs is 1. The van der Waals surface area contributed by atoms with Crippen LogP contribution in [0.5, 0.6) is 0 Å². The van der Waals surface area contributed by atoms with Crippen molar-refractivity contribution in [3.63, 3.8) is 0 Å². The Morgan fingerprint density at radius 1 is 0.458 bits per heavy atom. The Labute approximate surface area is 300 Å². The Morgan fingerprint density at radius 2 is 0.812 bits per heavy atom. The largest absolute Gasteiger partial charge is 0.344 e. The summed E-state index contributed by atoms with van der Waals surface area (Å²) in [6.45, 7) is 4.54. The van der Waals surface area contributed by atoms with Gasteiger partial charge in [0, 0.05) is 18.9 Å². The number of hydrogen-bond donors (Lipinski definition) is 0. The summed E-state index contributed by atoms with van der Waals surface area (Å²) in [5, 5.41) is 0. The highest BCUT2D eigenvalue weighted by molar-refractivity contribution is 4.97. The molecule has 1 saturated heterocycles. The van der Waals surface area contributed by atoms with Gasteiger partial charge in [0.1, 0.15) is 0 Å². The molecule has 2 unspecified atom stereocenters. The van der Waals surface area contributed by atoms with Gasteiger partial charge in [-0.25, -0.2) is 0 Å². The maximum Gasteiger partial charge on any atom is 0.169 e. The Morgan fingerprint density at radius 3 is 1.23 bits per heavy atom. The predicted molar refractivity (Wildman–Crippen MR) is 212 cm³/mol. The third kappa shape index (κ3) is 21.1. The van der Waals surface area contributed by atoms with E-state index in [1.807, 2.05) is 0 Å². The van der Waals surface area contributed by atoms with Gasteiger partial charge in [0.05, 0.1) is 12.2 Å². The fraction of sp³-hybridized carbons (Fsp3) is 0.822. The van der Waals surface area contributed by atoms with Crippen molar-refractivity contribution in [3.05, 3.63) is 48.6 Å². The molecule has 278 valence electrons. The van der Waals surface area contributed by atoms with Crippen LogP contribution in [0, 0.1) is 0 Å². The van der Waals surface area contributed by atoms with Crippen LogP contribution in [-0.4, -0.2) is 43.0 Å². The van der Waals surface area contributed by atoms with E-state index in [4.69, 9.17) is 9.47 Å². The van der Waals surface area contributed by atoms with Crippen LogP contribution in [0.2, 0.25) is 0 Å². The molecule has 0 N–H and O–H groups in total. The van der Waals surface area contributed by atoms with E-state index < -0.39 is 0 Å². The molecule has 0 aromatic carbocycles. The monoisotopic (exact) mass is 668 g/mol. The summed E-state index contributed by atoms with van der Waals surface area (Å²) in [7, 11) is 4.41. The third-order valence-electron chi connectivity index (χ3n) is 10.6. The number of hydrogen-bond acceptors (Lipinski definition) is 3. The zero-order valence-corrected chi connectivity index (χ0v) is 32.6. The number of unbranched alkanes of at least 4 members (excludes halogenated alkanes) is 19. The van der Waals surface area contributed by atoms with Crippen LogP contribution in [0.1, 0.15) is 200 Å². The van der Waals surface area contributed by atoms with Crippen molar-refractivity contribution in [3.8, 4) is 0 Å². The first-order valence-electron chi connectivity index (χ1n) is 21.2. The summed E-state index contributed by atoms with van der Waals surface area (Å²) in [4.78, 5) is 2.36. The molecule has 0 radical (unpaired) electrons. The van der Waals surface area contributed by atoms with Gasteiger partial charge in [-0.3, -0.25) is 0 Å². The molecule has 3 heteroatoms. The summed E-state index contributed by atoms with van der Waals surface area (Å²) in [6.07, 6.45) is 56.5. The maximum absolute atomic E-state index is 6.83. The Bertz CT molecular complexity index is 828.